The Kier molecular flexibility index (Phi) is 5.51. The summed E-state index contributed by atoms with van der Waals surface area (Å²) in [5, 5.41) is 3.77. The molecular weight excluding hydrogens is 262 g/mol. The first kappa shape index (κ1) is 16.2. The third-order valence-corrected chi connectivity index (χ3v) is 4.68. The van der Waals surface area contributed by atoms with E-state index in [1.54, 1.807) is 14.2 Å². The molecule has 0 saturated heterocycles. The van der Waals surface area contributed by atoms with Crippen molar-refractivity contribution in [1.82, 2.24) is 5.32 Å². The van der Waals surface area contributed by atoms with Gasteiger partial charge in [-0.1, -0.05) is 26.3 Å². The molecule has 1 saturated carbocycles. The minimum Gasteiger partial charge on any atom is -0.493 e. The molecule has 21 heavy (non-hydrogen) atoms. The van der Waals surface area contributed by atoms with Gasteiger partial charge in [0.2, 0.25) is 0 Å². The summed E-state index contributed by atoms with van der Waals surface area (Å²) in [5.41, 5.74) is 1.86. The van der Waals surface area contributed by atoms with Gasteiger partial charge in [-0.2, -0.15) is 0 Å². The topological polar surface area (TPSA) is 30.5 Å². The molecule has 118 valence electrons. The monoisotopic (exact) mass is 291 g/mol. The van der Waals surface area contributed by atoms with E-state index in [-0.39, 0.29) is 0 Å². The van der Waals surface area contributed by atoms with Gasteiger partial charge in [0.1, 0.15) is 0 Å². The molecule has 2 rings (SSSR count). The molecule has 1 N–H and O–H groups in total. The van der Waals surface area contributed by atoms with Gasteiger partial charge in [-0.3, -0.25) is 0 Å². The van der Waals surface area contributed by atoms with Crippen LogP contribution in [0.3, 0.4) is 0 Å². The van der Waals surface area contributed by atoms with Crippen molar-refractivity contribution in [3.63, 3.8) is 0 Å². The van der Waals surface area contributed by atoms with E-state index in [0.717, 1.165) is 24.5 Å². The van der Waals surface area contributed by atoms with Crippen LogP contribution in [-0.2, 0) is 0 Å². The number of hydrogen-bond acceptors (Lipinski definition) is 3. The van der Waals surface area contributed by atoms with Crippen molar-refractivity contribution >= 4 is 0 Å². The number of nitrogens with one attached hydrogen (secondary N) is 1. The first-order chi connectivity index (χ1) is 10.2. The Hall–Kier alpha value is -1.22. The number of benzene rings is 1. The molecular formula is C18H29NO2. The van der Waals surface area contributed by atoms with E-state index in [1.807, 2.05) is 6.07 Å². The van der Waals surface area contributed by atoms with Gasteiger partial charge in [-0.05, 0) is 48.8 Å². The predicted octanol–water partition coefficient (Wildman–Crippen LogP) is 4.32. The molecule has 0 heterocycles. The lowest BCUT2D eigenvalue weighted by atomic mass is 9.98. The molecule has 1 aliphatic rings. The van der Waals surface area contributed by atoms with Gasteiger partial charge in [-0.25, -0.2) is 0 Å². The molecule has 0 amide bonds. The largest absolute Gasteiger partial charge is 0.493 e. The Morgan fingerprint density at radius 1 is 1.14 bits per heavy atom. The zero-order valence-electron chi connectivity index (χ0n) is 13.9. The number of ether oxygens (including phenoxy) is 2. The third-order valence-electron chi connectivity index (χ3n) is 4.68. The van der Waals surface area contributed by atoms with Crippen molar-refractivity contribution < 1.29 is 9.47 Å². The van der Waals surface area contributed by atoms with Crippen LogP contribution in [0.4, 0.5) is 0 Å². The zero-order chi connectivity index (χ0) is 15.3. The first-order valence-corrected chi connectivity index (χ1v) is 8.13. The van der Waals surface area contributed by atoms with E-state index >= 15 is 0 Å². The second-order valence-corrected chi connectivity index (χ2v) is 6.21. The van der Waals surface area contributed by atoms with Crippen LogP contribution in [0.2, 0.25) is 0 Å². The average molecular weight is 291 g/mol. The van der Waals surface area contributed by atoms with Gasteiger partial charge in [0, 0.05) is 12.6 Å². The highest BCUT2D eigenvalue weighted by atomic mass is 16.5. The molecule has 1 aromatic rings. The lowest BCUT2D eigenvalue weighted by molar-refractivity contribution is 0.352. The maximum Gasteiger partial charge on any atom is 0.161 e. The first-order valence-electron chi connectivity index (χ1n) is 8.13. The van der Waals surface area contributed by atoms with E-state index in [1.165, 1.54) is 31.2 Å². The molecule has 0 bridgehead atoms. The smallest absolute Gasteiger partial charge is 0.161 e. The average Bonchev–Trinajstić information content (AvgIpc) is 3.28. The summed E-state index contributed by atoms with van der Waals surface area (Å²) in [6.45, 7) is 5.65. The molecule has 1 aliphatic carbocycles. The molecule has 3 nitrogen and oxygen atoms in total. The molecule has 0 spiro atoms. The standard InChI is InChI=1S/C18H29NO2/c1-5-9-18(10-11-18)13-19-15(6-2)14-7-8-16(20-3)17(12-14)21-4/h7-8,12,15,19H,5-6,9-11,13H2,1-4H3. The molecule has 0 radical (unpaired) electrons. The highest BCUT2D eigenvalue weighted by molar-refractivity contribution is 5.43. The maximum atomic E-state index is 5.42. The van der Waals surface area contributed by atoms with Crippen LogP contribution >= 0.6 is 0 Å². The highest BCUT2D eigenvalue weighted by Crippen LogP contribution is 2.49. The lowest BCUT2D eigenvalue weighted by Crippen LogP contribution is -2.28. The van der Waals surface area contributed by atoms with Gasteiger partial charge in [0.25, 0.3) is 0 Å². The van der Waals surface area contributed by atoms with E-state index in [9.17, 15) is 0 Å². The summed E-state index contributed by atoms with van der Waals surface area (Å²) >= 11 is 0. The quantitative estimate of drug-likeness (QED) is 0.735. The van der Waals surface area contributed by atoms with Gasteiger partial charge in [0.15, 0.2) is 11.5 Å². The maximum absolute atomic E-state index is 5.42. The van der Waals surface area contributed by atoms with Gasteiger partial charge < -0.3 is 14.8 Å². The normalized spacial score (nSPS) is 17.3. The fourth-order valence-corrected chi connectivity index (χ4v) is 3.13. The van der Waals surface area contributed by atoms with Gasteiger partial charge >= 0.3 is 0 Å². The summed E-state index contributed by atoms with van der Waals surface area (Å²) < 4.78 is 10.7. The fraction of sp³-hybridized carbons (Fsp3) is 0.667. The lowest BCUT2D eigenvalue weighted by Gasteiger charge is -2.23. The number of hydrogen-bond donors (Lipinski definition) is 1. The second-order valence-electron chi connectivity index (χ2n) is 6.21. The van der Waals surface area contributed by atoms with Crippen LogP contribution in [0.25, 0.3) is 0 Å². The molecule has 0 aromatic heterocycles. The van der Waals surface area contributed by atoms with Crippen LogP contribution in [0.15, 0.2) is 18.2 Å². The number of rotatable bonds is 9. The Morgan fingerprint density at radius 3 is 2.38 bits per heavy atom. The zero-order valence-corrected chi connectivity index (χ0v) is 13.9. The summed E-state index contributed by atoms with van der Waals surface area (Å²) in [6, 6.07) is 6.62. The van der Waals surface area contributed by atoms with Crippen molar-refractivity contribution in [2.45, 2.75) is 52.0 Å². The van der Waals surface area contributed by atoms with Crippen molar-refractivity contribution in [2.75, 3.05) is 20.8 Å². The summed E-state index contributed by atoms with van der Waals surface area (Å²) in [7, 11) is 3.37. The Labute approximate surface area is 129 Å². The molecule has 1 aromatic carbocycles. The van der Waals surface area contributed by atoms with E-state index in [0.29, 0.717) is 11.5 Å². The van der Waals surface area contributed by atoms with Crippen molar-refractivity contribution in [3.8, 4) is 11.5 Å². The Morgan fingerprint density at radius 2 is 1.86 bits per heavy atom. The van der Waals surface area contributed by atoms with E-state index in [4.69, 9.17) is 9.47 Å². The minimum absolute atomic E-state index is 0.388. The number of methoxy groups -OCH3 is 2. The van der Waals surface area contributed by atoms with Crippen molar-refractivity contribution in [2.24, 2.45) is 5.41 Å². The van der Waals surface area contributed by atoms with Crippen LogP contribution in [-0.4, -0.2) is 20.8 Å². The van der Waals surface area contributed by atoms with Crippen LogP contribution in [0, 0.1) is 5.41 Å². The van der Waals surface area contributed by atoms with Crippen molar-refractivity contribution in [3.05, 3.63) is 23.8 Å². The summed E-state index contributed by atoms with van der Waals surface area (Å²) in [4.78, 5) is 0. The van der Waals surface area contributed by atoms with Crippen molar-refractivity contribution in [1.29, 1.82) is 0 Å². The van der Waals surface area contributed by atoms with Crippen LogP contribution in [0.5, 0.6) is 11.5 Å². The summed E-state index contributed by atoms with van der Waals surface area (Å²) in [6.07, 6.45) is 6.49. The molecule has 1 atom stereocenters. The SMILES string of the molecule is CCCC1(CNC(CC)c2ccc(OC)c(OC)c2)CC1. The molecule has 1 unspecified atom stereocenters. The summed E-state index contributed by atoms with van der Waals surface area (Å²) in [5.74, 6) is 1.60. The highest BCUT2D eigenvalue weighted by Gasteiger charge is 2.41. The van der Waals surface area contributed by atoms with Crippen LogP contribution < -0.4 is 14.8 Å². The Balaban J connectivity index is 2.03. The second kappa shape index (κ2) is 7.17. The van der Waals surface area contributed by atoms with E-state index < -0.39 is 0 Å². The third kappa shape index (κ3) is 3.91. The van der Waals surface area contributed by atoms with Gasteiger partial charge in [0.05, 0.1) is 14.2 Å². The predicted molar refractivity (Wildman–Crippen MR) is 87.2 cm³/mol. The van der Waals surface area contributed by atoms with Crippen LogP contribution in [0.1, 0.15) is 57.6 Å². The van der Waals surface area contributed by atoms with E-state index in [2.05, 4.69) is 31.3 Å². The fourth-order valence-electron chi connectivity index (χ4n) is 3.13. The minimum atomic E-state index is 0.388. The molecule has 0 aliphatic heterocycles. The Bertz CT molecular complexity index is 455. The molecule has 1 fully saturated rings. The molecule has 3 heteroatoms. The van der Waals surface area contributed by atoms with Gasteiger partial charge in [-0.15, -0.1) is 0 Å².